The maximum absolute atomic E-state index is 13.3. The van der Waals surface area contributed by atoms with E-state index in [0.717, 1.165) is 12.1 Å². The van der Waals surface area contributed by atoms with Crippen LogP contribution in [0.5, 0.6) is 5.75 Å². The van der Waals surface area contributed by atoms with Crippen molar-refractivity contribution >= 4 is 0 Å². The zero-order valence-electron chi connectivity index (χ0n) is 12.7. The molecule has 2 aromatic rings. The predicted octanol–water partition coefficient (Wildman–Crippen LogP) is 3.59. The van der Waals surface area contributed by atoms with E-state index >= 15 is 0 Å². The van der Waals surface area contributed by atoms with Gasteiger partial charge in [-0.3, -0.25) is 4.68 Å². The highest BCUT2D eigenvalue weighted by atomic mass is 19.1. The minimum absolute atomic E-state index is 0.284. The summed E-state index contributed by atoms with van der Waals surface area (Å²) in [7, 11) is 0. The average molecular weight is 291 g/mol. The van der Waals surface area contributed by atoms with Gasteiger partial charge in [0, 0.05) is 23.8 Å². The largest absolute Gasteiger partial charge is 0.487 e. The smallest absolute Gasteiger partial charge is 0.132 e. The van der Waals surface area contributed by atoms with Crippen LogP contribution in [0.25, 0.3) is 0 Å². The van der Waals surface area contributed by atoms with E-state index in [0.29, 0.717) is 24.0 Å². The van der Waals surface area contributed by atoms with E-state index in [9.17, 15) is 4.39 Å². The minimum Gasteiger partial charge on any atom is -0.487 e. The third kappa shape index (κ3) is 3.82. The zero-order valence-corrected chi connectivity index (χ0v) is 12.7. The van der Waals surface area contributed by atoms with Gasteiger partial charge in [-0.05, 0) is 44.5 Å². The summed E-state index contributed by atoms with van der Waals surface area (Å²) in [6.07, 6.45) is 2.97. The third-order valence-corrected chi connectivity index (χ3v) is 3.54. The second kappa shape index (κ2) is 6.72. The van der Waals surface area contributed by atoms with Crippen molar-refractivity contribution in [1.82, 2.24) is 9.78 Å². The standard InChI is InChI=1S/C16H22FN3O/c1-4-11(2)20-8-7-14(19-20)10-21-16-6-5-13(17)9-15(16)12(3)18/h5-9,11-12H,4,10,18H2,1-3H3/t11?,12-/m0/s1. The van der Waals surface area contributed by atoms with Crippen molar-refractivity contribution in [3.8, 4) is 5.75 Å². The van der Waals surface area contributed by atoms with Crippen LogP contribution in [0.3, 0.4) is 0 Å². The van der Waals surface area contributed by atoms with Gasteiger partial charge in [-0.25, -0.2) is 4.39 Å². The number of rotatable bonds is 6. The van der Waals surface area contributed by atoms with Crippen LogP contribution in [0.1, 0.15) is 50.5 Å². The van der Waals surface area contributed by atoms with Crippen LogP contribution in [-0.4, -0.2) is 9.78 Å². The predicted molar refractivity (Wildman–Crippen MR) is 80.6 cm³/mol. The fourth-order valence-corrected chi connectivity index (χ4v) is 2.05. The number of nitrogens with zero attached hydrogens (tertiary/aromatic N) is 2. The van der Waals surface area contributed by atoms with Crippen molar-refractivity contribution < 1.29 is 9.13 Å². The van der Waals surface area contributed by atoms with Gasteiger partial charge in [-0.15, -0.1) is 0 Å². The molecule has 0 saturated carbocycles. The summed E-state index contributed by atoms with van der Waals surface area (Å²) in [5.41, 5.74) is 7.35. The van der Waals surface area contributed by atoms with E-state index in [1.165, 1.54) is 12.1 Å². The lowest BCUT2D eigenvalue weighted by Crippen LogP contribution is -2.09. The molecule has 1 aromatic heterocycles. The molecular weight excluding hydrogens is 269 g/mol. The van der Waals surface area contributed by atoms with Crippen LogP contribution in [0.15, 0.2) is 30.5 Å². The number of aromatic nitrogens is 2. The molecule has 0 fully saturated rings. The van der Waals surface area contributed by atoms with E-state index in [2.05, 4.69) is 18.9 Å². The maximum Gasteiger partial charge on any atom is 0.132 e. The van der Waals surface area contributed by atoms with E-state index in [1.54, 1.807) is 13.0 Å². The van der Waals surface area contributed by atoms with Crippen molar-refractivity contribution in [2.45, 2.75) is 45.9 Å². The Bertz CT molecular complexity index is 595. The van der Waals surface area contributed by atoms with E-state index < -0.39 is 0 Å². The molecule has 0 aliphatic heterocycles. The van der Waals surface area contributed by atoms with Gasteiger partial charge in [0.25, 0.3) is 0 Å². The molecule has 2 atom stereocenters. The van der Waals surface area contributed by atoms with Gasteiger partial charge >= 0.3 is 0 Å². The molecule has 5 heteroatoms. The number of hydrogen-bond acceptors (Lipinski definition) is 3. The molecule has 2 N–H and O–H groups in total. The van der Waals surface area contributed by atoms with Crippen molar-refractivity contribution in [2.24, 2.45) is 5.73 Å². The number of ether oxygens (including phenoxy) is 1. The second-order valence-corrected chi connectivity index (χ2v) is 5.30. The monoisotopic (exact) mass is 291 g/mol. The van der Waals surface area contributed by atoms with E-state index in [1.807, 2.05) is 16.9 Å². The lowest BCUT2D eigenvalue weighted by Gasteiger charge is -2.13. The van der Waals surface area contributed by atoms with Gasteiger partial charge in [0.05, 0.1) is 5.69 Å². The SMILES string of the molecule is CCC(C)n1ccc(COc2ccc(F)cc2[C@H](C)N)n1. The molecule has 0 aliphatic carbocycles. The lowest BCUT2D eigenvalue weighted by atomic mass is 10.1. The van der Waals surface area contributed by atoms with Gasteiger partial charge in [0.2, 0.25) is 0 Å². The summed E-state index contributed by atoms with van der Waals surface area (Å²) >= 11 is 0. The molecule has 114 valence electrons. The van der Waals surface area contributed by atoms with Gasteiger partial charge in [-0.1, -0.05) is 6.92 Å². The zero-order chi connectivity index (χ0) is 15.4. The van der Waals surface area contributed by atoms with Gasteiger partial charge < -0.3 is 10.5 Å². The number of nitrogens with two attached hydrogens (primary N) is 1. The molecule has 1 unspecified atom stereocenters. The normalized spacial score (nSPS) is 14.0. The fourth-order valence-electron chi connectivity index (χ4n) is 2.05. The Balaban J connectivity index is 2.08. The number of benzene rings is 1. The molecule has 0 aliphatic rings. The Hall–Kier alpha value is -1.88. The van der Waals surface area contributed by atoms with Crippen molar-refractivity contribution in [3.05, 3.63) is 47.5 Å². The molecule has 0 saturated heterocycles. The third-order valence-electron chi connectivity index (χ3n) is 3.54. The van der Waals surface area contributed by atoms with Crippen LogP contribution >= 0.6 is 0 Å². The van der Waals surface area contributed by atoms with Crippen molar-refractivity contribution in [2.75, 3.05) is 0 Å². The Kier molecular flexibility index (Phi) is 4.96. The van der Waals surface area contributed by atoms with E-state index in [4.69, 9.17) is 10.5 Å². The first kappa shape index (κ1) is 15.5. The number of halogens is 1. The minimum atomic E-state index is -0.310. The Morgan fingerprint density at radius 3 is 2.76 bits per heavy atom. The molecule has 1 heterocycles. The Labute approximate surface area is 124 Å². The second-order valence-electron chi connectivity index (χ2n) is 5.30. The summed E-state index contributed by atoms with van der Waals surface area (Å²) in [6.45, 7) is 6.38. The van der Waals surface area contributed by atoms with Crippen LogP contribution in [0, 0.1) is 5.82 Å². The molecule has 4 nitrogen and oxygen atoms in total. The van der Waals surface area contributed by atoms with E-state index in [-0.39, 0.29) is 11.9 Å². The van der Waals surface area contributed by atoms with Crippen LogP contribution < -0.4 is 10.5 Å². The first-order chi connectivity index (χ1) is 10.0. The first-order valence-corrected chi connectivity index (χ1v) is 7.23. The summed E-state index contributed by atoms with van der Waals surface area (Å²) in [5, 5.41) is 4.47. The van der Waals surface area contributed by atoms with Gasteiger partial charge in [0.15, 0.2) is 0 Å². The Morgan fingerprint density at radius 2 is 2.10 bits per heavy atom. The molecule has 0 bridgehead atoms. The van der Waals surface area contributed by atoms with Crippen LogP contribution in [0.2, 0.25) is 0 Å². The highest BCUT2D eigenvalue weighted by Gasteiger charge is 2.11. The number of hydrogen-bond donors (Lipinski definition) is 1. The maximum atomic E-state index is 13.3. The van der Waals surface area contributed by atoms with Gasteiger partial charge in [0.1, 0.15) is 18.2 Å². The fraction of sp³-hybridized carbons (Fsp3) is 0.438. The highest BCUT2D eigenvalue weighted by Crippen LogP contribution is 2.25. The van der Waals surface area contributed by atoms with Crippen LogP contribution in [-0.2, 0) is 6.61 Å². The quantitative estimate of drug-likeness (QED) is 0.885. The first-order valence-electron chi connectivity index (χ1n) is 7.23. The summed E-state index contributed by atoms with van der Waals surface area (Å²) < 4.78 is 20.9. The van der Waals surface area contributed by atoms with Crippen molar-refractivity contribution in [3.63, 3.8) is 0 Å². The lowest BCUT2D eigenvalue weighted by molar-refractivity contribution is 0.293. The highest BCUT2D eigenvalue weighted by molar-refractivity contribution is 5.36. The van der Waals surface area contributed by atoms with Crippen molar-refractivity contribution in [1.29, 1.82) is 0 Å². The molecule has 0 radical (unpaired) electrons. The average Bonchev–Trinajstić information content (AvgIpc) is 2.93. The summed E-state index contributed by atoms with van der Waals surface area (Å²) in [5.74, 6) is 0.292. The molecule has 21 heavy (non-hydrogen) atoms. The molecule has 2 rings (SSSR count). The molecule has 0 amide bonds. The van der Waals surface area contributed by atoms with Gasteiger partial charge in [-0.2, -0.15) is 5.10 Å². The van der Waals surface area contributed by atoms with Crippen LogP contribution in [0.4, 0.5) is 4.39 Å². The summed E-state index contributed by atoms with van der Waals surface area (Å²) in [4.78, 5) is 0. The molecule has 1 aromatic carbocycles. The Morgan fingerprint density at radius 1 is 1.33 bits per heavy atom. The molecule has 0 spiro atoms. The topological polar surface area (TPSA) is 53.1 Å². The molecular formula is C16H22FN3O. The summed E-state index contributed by atoms with van der Waals surface area (Å²) in [6, 6.07) is 6.41.